The summed E-state index contributed by atoms with van der Waals surface area (Å²) >= 11 is 10.7. The molecule has 20 heavy (non-hydrogen) atoms. The SMILES string of the molecule is O=C(Nc1c(Cl)cc(F)cc1Br)c1cccc(I)c1F. The van der Waals surface area contributed by atoms with Gasteiger partial charge in [0.25, 0.3) is 5.91 Å². The molecule has 0 atom stereocenters. The first kappa shape index (κ1) is 15.7. The smallest absolute Gasteiger partial charge is 0.258 e. The Hall–Kier alpha value is -0.730. The predicted octanol–water partition coefficient (Wildman–Crippen LogP) is 5.24. The quantitative estimate of drug-likeness (QED) is 0.596. The van der Waals surface area contributed by atoms with Gasteiger partial charge in [-0.15, -0.1) is 0 Å². The monoisotopic (exact) mass is 471 g/mol. The molecule has 0 saturated heterocycles. The van der Waals surface area contributed by atoms with Gasteiger partial charge >= 0.3 is 0 Å². The van der Waals surface area contributed by atoms with Crippen LogP contribution in [0.1, 0.15) is 10.4 Å². The second kappa shape index (κ2) is 6.36. The standard InChI is InChI=1S/C13H6BrClF2INO/c14-8-4-6(16)5-9(15)12(8)19-13(20)7-2-1-3-10(18)11(7)17/h1-5H,(H,19,20). The molecule has 0 unspecified atom stereocenters. The Labute approximate surface area is 140 Å². The molecule has 2 rings (SSSR count). The van der Waals surface area contributed by atoms with Gasteiger partial charge in [-0.1, -0.05) is 17.7 Å². The van der Waals surface area contributed by atoms with E-state index in [4.69, 9.17) is 11.6 Å². The van der Waals surface area contributed by atoms with Gasteiger partial charge in [0.05, 0.1) is 16.3 Å². The average molecular weight is 472 g/mol. The van der Waals surface area contributed by atoms with Crippen molar-refractivity contribution >= 4 is 61.7 Å². The van der Waals surface area contributed by atoms with E-state index in [1.807, 2.05) is 0 Å². The summed E-state index contributed by atoms with van der Waals surface area (Å²) in [6.45, 7) is 0. The van der Waals surface area contributed by atoms with E-state index in [0.717, 1.165) is 12.1 Å². The highest BCUT2D eigenvalue weighted by molar-refractivity contribution is 14.1. The minimum absolute atomic E-state index is 0.0243. The number of carbonyl (C=O) groups excluding carboxylic acids is 1. The lowest BCUT2D eigenvalue weighted by atomic mass is 10.2. The van der Waals surface area contributed by atoms with Crippen LogP contribution in [0.15, 0.2) is 34.8 Å². The van der Waals surface area contributed by atoms with Gasteiger partial charge in [0, 0.05) is 8.04 Å². The normalized spacial score (nSPS) is 10.4. The summed E-state index contributed by atoms with van der Waals surface area (Å²) < 4.78 is 27.6. The van der Waals surface area contributed by atoms with Crippen molar-refractivity contribution in [3.05, 3.63) is 60.6 Å². The minimum atomic E-state index is -0.657. The Bertz CT molecular complexity index is 673. The highest BCUT2D eigenvalue weighted by Crippen LogP contribution is 2.32. The molecule has 0 bridgehead atoms. The molecule has 1 amide bonds. The third-order valence-corrected chi connectivity index (χ3v) is 4.20. The van der Waals surface area contributed by atoms with Gasteiger partial charge < -0.3 is 5.32 Å². The van der Waals surface area contributed by atoms with Crippen molar-refractivity contribution in [2.24, 2.45) is 0 Å². The van der Waals surface area contributed by atoms with Crippen molar-refractivity contribution < 1.29 is 13.6 Å². The van der Waals surface area contributed by atoms with Crippen LogP contribution < -0.4 is 5.32 Å². The average Bonchev–Trinajstić information content (AvgIpc) is 2.36. The third kappa shape index (κ3) is 3.29. The number of halogens is 5. The number of hydrogen-bond acceptors (Lipinski definition) is 1. The molecule has 1 N–H and O–H groups in total. The van der Waals surface area contributed by atoms with Gasteiger partial charge in [-0.25, -0.2) is 8.78 Å². The van der Waals surface area contributed by atoms with Crippen LogP contribution in [0.5, 0.6) is 0 Å². The van der Waals surface area contributed by atoms with Crippen LogP contribution in [-0.4, -0.2) is 5.91 Å². The van der Waals surface area contributed by atoms with Gasteiger partial charge in [-0.2, -0.15) is 0 Å². The summed E-state index contributed by atoms with van der Waals surface area (Å²) in [5.74, 6) is -1.81. The molecule has 0 aromatic heterocycles. The predicted molar refractivity (Wildman–Crippen MR) is 86.2 cm³/mol. The van der Waals surface area contributed by atoms with Crippen LogP contribution in [0.3, 0.4) is 0 Å². The van der Waals surface area contributed by atoms with Crippen LogP contribution in [0.4, 0.5) is 14.5 Å². The zero-order chi connectivity index (χ0) is 14.9. The van der Waals surface area contributed by atoms with Crippen molar-refractivity contribution in [3.8, 4) is 0 Å². The fourth-order valence-electron chi connectivity index (χ4n) is 1.52. The molecular weight excluding hydrogens is 466 g/mol. The maximum absolute atomic E-state index is 13.8. The van der Waals surface area contributed by atoms with Gasteiger partial charge in [0.15, 0.2) is 0 Å². The van der Waals surface area contributed by atoms with Crippen LogP contribution in [0, 0.1) is 15.2 Å². The summed E-state index contributed by atoms with van der Waals surface area (Å²) in [5.41, 5.74) is 0.0838. The molecule has 7 heteroatoms. The number of nitrogens with one attached hydrogen (secondary N) is 1. The molecule has 2 aromatic rings. The Balaban J connectivity index is 2.36. The van der Waals surface area contributed by atoms with Crippen molar-refractivity contribution in [2.45, 2.75) is 0 Å². The van der Waals surface area contributed by atoms with Crippen LogP contribution >= 0.6 is 50.1 Å². The zero-order valence-electron chi connectivity index (χ0n) is 9.68. The summed E-state index contributed by atoms with van der Waals surface area (Å²) in [4.78, 5) is 12.0. The molecule has 0 saturated carbocycles. The molecule has 0 radical (unpaired) electrons. The largest absolute Gasteiger partial charge is 0.320 e. The van der Waals surface area contributed by atoms with E-state index >= 15 is 0 Å². The van der Waals surface area contributed by atoms with E-state index < -0.39 is 17.5 Å². The Kier molecular flexibility index (Phi) is 4.98. The van der Waals surface area contributed by atoms with Crippen LogP contribution in [0.25, 0.3) is 0 Å². The molecular formula is C13H6BrClF2INO. The van der Waals surface area contributed by atoms with Crippen molar-refractivity contribution in [1.82, 2.24) is 0 Å². The number of hydrogen-bond donors (Lipinski definition) is 1. The van der Waals surface area contributed by atoms with Crippen molar-refractivity contribution in [3.63, 3.8) is 0 Å². The lowest BCUT2D eigenvalue weighted by Gasteiger charge is -2.10. The second-order valence-corrected chi connectivity index (χ2v) is 6.22. The van der Waals surface area contributed by atoms with E-state index in [1.165, 1.54) is 6.07 Å². The number of rotatable bonds is 2. The summed E-state index contributed by atoms with van der Waals surface area (Å²) in [7, 11) is 0. The summed E-state index contributed by atoms with van der Waals surface area (Å²) in [6.07, 6.45) is 0. The Morgan fingerprint density at radius 1 is 1.30 bits per heavy atom. The molecule has 2 nitrogen and oxygen atoms in total. The van der Waals surface area contributed by atoms with E-state index in [9.17, 15) is 13.6 Å². The maximum Gasteiger partial charge on any atom is 0.258 e. The number of benzene rings is 2. The zero-order valence-corrected chi connectivity index (χ0v) is 14.2. The molecule has 104 valence electrons. The van der Waals surface area contributed by atoms with Gasteiger partial charge in [0.2, 0.25) is 0 Å². The van der Waals surface area contributed by atoms with Crippen LogP contribution in [0.2, 0.25) is 5.02 Å². The number of anilines is 1. The van der Waals surface area contributed by atoms with Gasteiger partial charge in [0.1, 0.15) is 11.6 Å². The molecule has 0 fully saturated rings. The first-order valence-corrected chi connectivity index (χ1v) is 7.55. The summed E-state index contributed by atoms with van der Waals surface area (Å²) in [5, 5.41) is 2.49. The molecule has 0 heterocycles. The summed E-state index contributed by atoms with van der Waals surface area (Å²) in [6, 6.07) is 6.70. The molecule has 0 aliphatic heterocycles. The molecule has 0 spiro atoms. The lowest BCUT2D eigenvalue weighted by molar-refractivity contribution is 0.102. The van der Waals surface area contributed by atoms with Gasteiger partial charge in [-0.05, 0) is 62.8 Å². The third-order valence-electron chi connectivity index (χ3n) is 2.44. The van der Waals surface area contributed by atoms with Crippen molar-refractivity contribution in [2.75, 3.05) is 5.32 Å². The second-order valence-electron chi connectivity index (χ2n) is 3.80. The van der Waals surface area contributed by atoms with E-state index in [0.29, 0.717) is 3.57 Å². The fourth-order valence-corrected chi connectivity index (χ4v) is 2.92. The first-order valence-electron chi connectivity index (χ1n) is 5.30. The topological polar surface area (TPSA) is 29.1 Å². The van der Waals surface area contributed by atoms with Crippen LogP contribution in [-0.2, 0) is 0 Å². The highest BCUT2D eigenvalue weighted by Gasteiger charge is 2.17. The first-order chi connectivity index (χ1) is 9.40. The minimum Gasteiger partial charge on any atom is -0.320 e. The fraction of sp³-hybridized carbons (Fsp3) is 0. The van der Waals surface area contributed by atoms with Gasteiger partial charge in [-0.3, -0.25) is 4.79 Å². The molecule has 0 aliphatic rings. The van der Waals surface area contributed by atoms with E-state index in [-0.39, 0.29) is 20.7 Å². The Morgan fingerprint density at radius 2 is 2.00 bits per heavy atom. The molecule has 2 aromatic carbocycles. The highest BCUT2D eigenvalue weighted by atomic mass is 127. The lowest BCUT2D eigenvalue weighted by Crippen LogP contribution is -2.15. The number of amides is 1. The van der Waals surface area contributed by atoms with E-state index in [2.05, 4.69) is 21.2 Å². The molecule has 0 aliphatic carbocycles. The van der Waals surface area contributed by atoms with Crippen molar-refractivity contribution in [1.29, 1.82) is 0 Å². The maximum atomic E-state index is 13.8. The number of carbonyl (C=O) groups is 1. The van der Waals surface area contributed by atoms with E-state index in [1.54, 1.807) is 34.7 Å². The Morgan fingerprint density at radius 3 is 2.65 bits per heavy atom.